The number of hydrogen-bond donors (Lipinski definition) is 3. The molecule has 148 valence electrons. The van der Waals surface area contributed by atoms with Gasteiger partial charge in [0.2, 0.25) is 0 Å². The molecule has 4 N–H and O–H groups in total. The lowest BCUT2D eigenvalue weighted by molar-refractivity contribution is 0.121. The number of fused-ring (bicyclic) bond motifs is 1. The molecule has 1 aromatic carbocycles. The van der Waals surface area contributed by atoms with Crippen molar-refractivity contribution >= 4 is 11.3 Å². The van der Waals surface area contributed by atoms with E-state index in [9.17, 15) is 14.6 Å². The minimum absolute atomic E-state index is 0.112. The number of benzene rings is 1. The standard InChI is InChI=1S/C20H23FN4O3/c1-28-18-7-12(6-16(21)15(18)9-26)14-8-17(11-2-4-13(27)5-3-11)25-19(14)20(22)23-10-24-25/h6-8,10-11,13,26-27H,2-5,9H2,1H3,(H2,22,23,24)/t11-,13-. The predicted octanol–water partition coefficient (Wildman–Crippen LogP) is 2.64. The first-order chi connectivity index (χ1) is 13.5. The van der Waals surface area contributed by atoms with Gasteiger partial charge in [-0.2, -0.15) is 5.10 Å². The normalized spacial score (nSPS) is 19.9. The third-order valence-electron chi connectivity index (χ3n) is 5.57. The monoisotopic (exact) mass is 386 g/mol. The molecule has 8 heteroatoms. The molecule has 28 heavy (non-hydrogen) atoms. The molecule has 1 fully saturated rings. The van der Waals surface area contributed by atoms with Gasteiger partial charge < -0.3 is 20.7 Å². The number of hydrogen-bond acceptors (Lipinski definition) is 6. The van der Waals surface area contributed by atoms with Gasteiger partial charge in [-0.05, 0) is 49.4 Å². The van der Waals surface area contributed by atoms with Gasteiger partial charge >= 0.3 is 0 Å². The Labute approximate surface area is 161 Å². The van der Waals surface area contributed by atoms with E-state index in [1.165, 1.54) is 19.5 Å². The van der Waals surface area contributed by atoms with Crippen molar-refractivity contribution in [1.82, 2.24) is 14.6 Å². The summed E-state index contributed by atoms with van der Waals surface area (Å²) in [5, 5.41) is 23.6. The number of aromatic nitrogens is 3. The summed E-state index contributed by atoms with van der Waals surface area (Å²) in [5.41, 5.74) is 9.13. The molecule has 0 spiro atoms. The Hall–Kier alpha value is -2.71. The van der Waals surface area contributed by atoms with Crippen molar-refractivity contribution in [1.29, 1.82) is 0 Å². The second-order valence-electron chi connectivity index (χ2n) is 7.19. The maximum Gasteiger partial charge on any atom is 0.151 e. The van der Waals surface area contributed by atoms with Gasteiger partial charge in [-0.15, -0.1) is 0 Å². The fraction of sp³-hybridized carbons (Fsp3) is 0.400. The predicted molar refractivity (Wildman–Crippen MR) is 102 cm³/mol. The van der Waals surface area contributed by atoms with Crippen molar-refractivity contribution in [3.8, 4) is 16.9 Å². The lowest BCUT2D eigenvalue weighted by Gasteiger charge is -2.24. The summed E-state index contributed by atoms with van der Waals surface area (Å²) in [6.45, 7) is -0.452. The molecule has 2 heterocycles. The number of aliphatic hydroxyl groups is 2. The van der Waals surface area contributed by atoms with Crippen molar-refractivity contribution in [2.75, 3.05) is 12.8 Å². The number of nitrogens with two attached hydrogens (primary N) is 1. The maximum absolute atomic E-state index is 14.6. The Morgan fingerprint density at radius 2 is 2.00 bits per heavy atom. The van der Waals surface area contributed by atoms with Crippen LogP contribution < -0.4 is 10.5 Å². The Kier molecular flexibility index (Phi) is 4.91. The molecule has 0 unspecified atom stereocenters. The van der Waals surface area contributed by atoms with Gasteiger partial charge in [-0.1, -0.05) is 0 Å². The van der Waals surface area contributed by atoms with Gasteiger partial charge in [-0.3, -0.25) is 0 Å². The summed E-state index contributed by atoms with van der Waals surface area (Å²) in [4.78, 5) is 4.10. The van der Waals surface area contributed by atoms with Crippen molar-refractivity contribution < 1.29 is 19.3 Å². The molecule has 0 bridgehead atoms. The largest absolute Gasteiger partial charge is 0.496 e. The number of aliphatic hydroxyl groups excluding tert-OH is 2. The lowest BCUT2D eigenvalue weighted by Crippen LogP contribution is -2.18. The zero-order chi connectivity index (χ0) is 19.8. The van der Waals surface area contributed by atoms with Crippen LogP contribution in [0.1, 0.15) is 42.9 Å². The van der Waals surface area contributed by atoms with Crippen LogP contribution in [-0.2, 0) is 6.61 Å². The van der Waals surface area contributed by atoms with Crippen LogP contribution in [0.3, 0.4) is 0 Å². The van der Waals surface area contributed by atoms with Crippen LogP contribution in [0.5, 0.6) is 5.75 Å². The Morgan fingerprint density at radius 1 is 1.25 bits per heavy atom. The Balaban J connectivity index is 1.90. The highest BCUT2D eigenvalue weighted by molar-refractivity contribution is 5.89. The van der Waals surface area contributed by atoms with E-state index in [0.717, 1.165) is 31.4 Å². The lowest BCUT2D eigenvalue weighted by atomic mass is 9.85. The smallest absolute Gasteiger partial charge is 0.151 e. The highest BCUT2D eigenvalue weighted by Crippen LogP contribution is 2.40. The molecule has 0 amide bonds. The molecule has 7 nitrogen and oxygen atoms in total. The average Bonchev–Trinajstić information content (AvgIpc) is 3.09. The number of anilines is 1. The van der Waals surface area contributed by atoms with Gasteiger partial charge in [0.1, 0.15) is 23.4 Å². The maximum atomic E-state index is 14.6. The van der Waals surface area contributed by atoms with Gasteiger partial charge in [0.15, 0.2) is 5.82 Å². The summed E-state index contributed by atoms with van der Waals surface area (Å²) >= 11 is 0. The SMILES string of the molecule is COc1cc(-c2cc([C@H]3CC[C@H](O)CC3)n3ncnc(N)c23)cc(F)c1CO. The quantitative estimate of drug-likeness (QED) is 0.637. The molecule has 2 aromatic heterocycles. The number of nitrogens with zero attached hydrogens (tertiary/aromatic N) is 3. The third-order valence-corrected chi connectivity index (χ3v) is 5.57. The molecule has 1 aliphatic rings. The van der Waals surface area contributed by atoms with E-state index < -0.39 is 12.4 Å². The molecule has 3 aromatic rings. The number of halogens is 1. The van der Waals surface area contributed by atoms with Crippen LogP contribution in [-0.4, -0.2) is 38.0 Å². The molecule has 1 saturated carbocycles. The van der Waals surface area contributed by atoms with Crippen molar-refractivity contribution in [3.05, 3.63) is 41.6 Å². The second kappa shape index (κ2) is 7.37. The van der Waals surface area contributed by atoms with Crippen molar-refractivity contribution in [3.63, 3.8) is 0 Å². The second-order valence-corrected chi connectivity index (χ2v) is 7.19. The number of methoxy groups -OCH3 is 1. The fourth-order valence-corrected chi connectivity index (χ4v) is 4.08. The van der Waals surface area contributed by atoms with E-state index in [0.29, 0.717) is 22.5 Å². The zero-order valence-electron chi connectivity index (χ0n) is 15.6. The molecule has 0 atom stereocenters. The van der Waals surface area contributed by atoms with Gasteiger partial charge in [-0.25, -0.2) is 13.9 Å². The molecular formula is C20H23FN4O3. The first kappa shape index (κ1) is 18.6. The first-order valence-corrected chi connectivity index (χ1v) is 9.31. The zero-order valence-corrected chi connectivity index (χ0v) is 15.6. The topological polar surface area (TPSA) is 106 Å². The molecular weight excluding hydrogens is 363 g/mol. The third kappa shape index (κ3) is 3.08. The van der Waals surface area contributed by atoms with Crippen LogP contribution in [0.4, 0.5) is 10.2 Å². The minimum Gasteiger partial charge on any atom is -0.496 e. The van der Waals surface area contributed by atoms with E-state index in [1.807, 2.05) is 6.07 Å². The van der Waals surface area contributed by atoms with Gasteiger partial charge in [0, 0.05) is 17.2 Å². The molecule has 4 rings (SSSR count). The van der Waals surface area contributed by atoms with Crippen molar-refractivity contribution in [2.24, 2.45) is 0 Å². The van der Waals surface area contributed by atoms with Crippen LogP contribution in [0.25, 0.3) is 16.6 Å². The van der Waals surface area contributed by atoms with Crippen LogP contribution in [0.2, 0.25) is 0 Å². The molecule has 0 aliphatic heterocycles. The number of ether oxygens (including phenoxy) is 1. The van der Waals surface area contributed by atoms with Crippen molar-refractivity contribution in [2.45, 2.75) is 44.3 Å². The van der Waals surface area contributed by atoms with Crippen LogP contribution in [0, 0.1) is 5.82 Å². The van der Waals surface area contributed by atoms with E-state index in [-0.39, 0.29) is 23.3 Å². The summed E-state index contributed by atoms with van der Waals surface area (Å²) in [6, 6.07) is 5.02. The average molecular weight is 386 g/mol. The van der Waals surface area contributed by atoms with E-state index >= 15 is 0 Å². The molecule has 0 saturated heterocycles. The first-order valence-electron chi connectivity index (χ1n) is 9.31. The summed E-state index contributed by atoms with van der Waals surface area (Å²) in [5.74, 6) is 0.253. The molecule has 1 aliphatic carbocycles. The highest BCUT2D eigenvalue weighted by atomic mass is 19.1. The van der Waals surface area contributed by atoms with Gasteiger partial charge in [0.25, 0.3) is 0 Å². The van der Waals surface area contributed by atoms with Crippen LogP contribution in [0.15, 0.2) is 24.5 Å². The van der Waals surface area contributed by atoms with Gasteiger partial charge in [0.05, 0.1) is 25.4 Å². The van der Waals surface area contributed by atoms with E-state index in [4.69, 9.17) is 10.5 Å². The summed E-state index contributed by atoms with van der Waals surface area (Å²) < 4.78 is 21.6. The van der Waals surface area contributed by atoms with Crippen LogP contribution >= 0.6 is 0 Å². The number of nitrogen functional groups attached to an aromatic ring is 1. The number of rotatable bonds is 4. The summed E-state index contributed by atoms with van der Waals surface area (Å²) in [6.07, 6.45) is 4.31. The summed E-state index contributed by atoms with van der Waals surface area (Å²) in [7, 11) is 1.44. The molecule has 0 radical (unpaired) electrons. The highest BCUT2D eigenvalue weighted by Gasteiger charge is 2.26. The Morgan fingerprint density at radius 3 is 2.68 bits per heavy atom. The van der Waals surface area contributed by atoms with E-state index in [2.05, 4.69) is 10.1 Å². The minimum atomic E-state index is -0.547. The Bertz CT molecular complexity index is 1010. The van der Waals surface area contributed by atoms with E-state index in [1.54, 1.807) is 10.6 Å². The fourth-order valence-electron chi connectivity index (χ4n) is 4.08.